The van der Waals surface area contributed by atoms with Gasteiger partial charge in [-0.05, 0) is 49.2 Å². The summed E-state index contributed by atoms with van der Waals surface area (Å²) in [6, 6.07) is 17.5. The van der Waals surface area contributed by atoms with E-state index in [0.29, 0.717) is 12.1 Å². The first-order valence-electron chi connectivity index (χ1n) is 9.67. The van der Waals surface area contributed by atoms with Gasteiger partial charge >= 0.3 is 0 Å². The standard InChI is InChI=1S/C22H20N6O/c29-22(16-6-4-12-23-14-16)27-13-5-9-19(27)21-20-11-10-18(15-28(20)26-25-21)24-17-7-2-1-3-8-17/h1-4,6-8,10-12,14-15,19,24H,5,9,13H2/t19-/m0/s1. The van der Waals surface area contributed by atoms with Gasteiger partial charge in [-0.15, -0.1) is 5.10 Å². The Morgan fingerprint density at radius 1 is 1.03 bits per heavy atom. The second kappa shape index (κ2) is 7.35. The van der Waals surface area contributed by atoms with Crippen molar-refractivity contribution in [3.63, 3.8) is 0 Å². The van der Waals surface area contributed by atoms with Crippen LogP contribution in [0.5, 0.6) is 0 Å². The number of pyridine rings is 2. The molecule has 1 aliphatic heterocycles. The number of hydrogen-bond acceptors (Lipinski definition) is 5. The molecular formula is C22H20N6O. The molecule has 0 bridgehead atoms. The molecule has 144 valence electrons. The number of carbonyl (C=O) groups is 1. The van der Waals surface area contributed by atoms with Crippen LogP contribution in [0.4, 0.5) is 11.4 Å². The van der Waals surface area contributed by atoms with Crippen molar-refractivity contribution >= 4 is 22.8 Å². The van der Waals surface area contributed by atoms with Gasteiger partial charge < -0.3 is 10.2 Å². The number of nitrogens with zero attached hydrogens (tertiary/aromatic N) is 5. The number of aromatic nitrogens is 4. The zero-order valence-corrected chi connectivity index (χ0v) is 15.8. The van der Waals surface area contributed by atoms with Gasteiger partial charge in [0, 0.05) is 24.6 Å². The number of anilines is 2. The first-order chi connectivity index (χ1) is 14.3. The summed E-state index contributed by atoms with van der Waals surface area (Å²) >= 11 is 0. The molecule has 1 amide bonds. The largest absolute Gasteiger partial charge is 0.354 e. The van der Waals surface area contributed by atoms with E-state index >= 15 is 0 Å². The minimum absolute atomic E-state index is 0.0101. The molecule has 1 aromatic carbocycles. The number of fused-ring (bicyclic) bond motifs is 1. The Balaban J connectivity index is 1.43. The third-order valence-corrected chi connectivity index (χ3v) is 5.24. The van der Waals surface area contributed by atoms with E-state index in [-0.39, 0.29) is 11.9 Å². The van der Waals surface area contributed by atoms with Gasteiger partial charge in [0.1, 0.15) is 5.69 Å². The summed E-state index contributed by atoms with van der Waals surface area (Å²) in [5.74, 6) is -0.0101. The molecule has 0 radical (unpaired) electrons. The summed E-state index contributed by atoms with van der Waals surface area (Å²) in [4.78, 5) is 18.9. The van der Waals surface area contributed by atoms with E-state index in [0.717, 1.165) is 35.4 Å². The maximum absolute atomic E-state index is 13.0. The minimum atomic E-state index is -0.0758. The maximum atomic E-state index is 13.0. The van der Waals surface area contributed by atoms with Crippen molar-refractivity contribution in [2.24, 2.45) is 0 Å². The molecule has 1 fully saturated rings. The van der Waals surface area contributed by atoms with Crippen LogP contribution in [0.3, 0.4) is 0 Å². The van der Waals surface area contributed by atoms with Crippen molar-refractivity contribution in [2.45, 2.75) is 18.9 Å². The molecule has 1 saturated heterocycles. The summed E-state index contributed by atoms with van der Waals surface area (Å²) < 4.78 is 1.77. The van der Waals surface area contributed by atoms with Gasteiger partial charge in [0.2, 0.25) is 0 Å². The maximum Gasteiger partial charge on any atom is 0.255 e. The average Bonchev–Trinajstić information content (AvgIpc) is 3.41. The normalized spacial score (nSPS) is 16.3. The van der Waals surface area contributed by atoms with Crippen LogP contribution < -0.4 is 5.32 Å². The molecule has 3 aromatic heterocycles. The quantitative estimate of drug-likeness (QED) is 0.578. The topological polar surface area (TPSA) is 75.4 Å². The molecular weight excluding hydrogens is 364 g/mol. The van der Waals surface area contributed by atoms with E-state index in [4.69, 9.17) is 0 Å². The first-order valence-corrected chi connectivity index (χ1v) is 9.67. The lowest BCUT2D eigenvalue weighted by atomic mass is 10.1. The lowest BCUT2D eigenvalue weighted by Crippen LogP contribution is -2.30. The third kappa shape index (κ3) is 3.31. The Bertz CT molecular complexity index is 1140. The average molecular weight is 384 g/mol. The molecule has 7 heteroatoms. The van der Waals surface area contributed by atoms with Gasteiger partial charge in [0.15, 0.2) is 0 Å². The summed E-state index contributed by atoms with van der Waals surface area (Å²) in [5.41, 5.74) is 4.29. The highest BCUT2D eigenvalue weighted by Gasteiger charge is 2.33. The highest BCUT2D eigenvalue weighted by molar-refractivity contribution is 5.94. The van der Waals surface area contributed by atoms with E-state index < -0.39 is 0 Å². The fourth-order valence-corrected chi connectivity index (χ4v) is 3.86. The van der Waals surface area contributed by atoms with Gasteiger partial charge in [-0.2, -0.15) is 0 Å². The van der Waals surface area contributed by atoms with Gasteiger partial charge in [-0.1, -0.05) is 23.4 Å². The van der Waals surface area contributed by atoms with Crippen molar-refractivity contribution in [2.75, 3.05) is 11.9 Å². The van der Waals surface area contributed by atoms with Crippen molar-refractivity contribution < 1.29 is 4.79 Å². The van der Waals surface area contributed by atoms with Crippen LogP contribution in [-0.4, -0.2) is 37.2 Å². The number of hydrogen-bond donors (Lipinski definition) is 1. The highest BCUT2D eigenvalue weighted by Crippen LogP contribution is 2.34. The van der Waals surface area contributed by atoms with Crippen molar-refractivity contribution in [3.8, 4) is 0 Å². The van der Waals surface area contributed by atoms with Crippen LogP contribution in [0, 0.1) is 0 Å². The number of carbonyl (C=O) groups excluding carboxylic acids is 1. The summed E-state index contributed by atoms with van der Waals surface area (Å²) in [6.07, 6.45) is 7.03. The molecule has 5 rings (SSSR count). The minimum Gasteiger partial charge on any atom is -0.354 e. The Kier molecular flexibility index (Phi) is 4.40. The lowest BCUT2D eigenvalue weighted by molar-refractivity contribution is 0.0733. The third-order valence-electron chi connectivity index (χ3n) is 5.24. The van der Waals surface area contributed by atoms with E-state index in [1.807, 2.05) is 53.6 Å². The van der Waals surface area contributed by atoms with E-state index in [9.17, 15) is 4.79 Å². The van der Waals surface area contributed by atoms with Crippen LogP contribution in [-0.2, 0) is 0 Å². The second-order valence-electron chi connectivity index (χ2n) is 7.11. The SMILES string of the molecule is O=C(c1cccnc1)N1CCC[C@H]1c1nnn2cc(Nc3ccccc3)ccc12. The summed E-state index contributed by atoms with van der Waals surface area (Å²) in [5, 5.41) is 12.1. The number of amides is 1. The Hall–Kier alpha value is -3.74. The predicted molar refractivity (Wildman–Crippen MR) is 110 cm³/mol. The molecule has 7 nitrogen and oxygen atoms in total. The van der Waals surface area contributed by atoms with Crippen LogP contribution in [0.15, 0.2) is 73.2 Å². The van der Waals surface area contributed by atoms with Gasteiger partial charge in [0.05, 0.1) is 29.0 Å². The molecule has 1 N–H and O–H groups in total. The molecule has 29 heavy (non-hydrogen) atoms. The summed E-state index contributed by atoms with van der Waals surface area (Å²) in [6.45, 7) is 0.713. The lowest BCUT2D eigenvalue weighted by Gasteiger charge is -2.23. The number of likely N-dealkylation sites (tertiary alicyclic amines) is 1. The molecule has 0 saturated carbocycles. The molecule has 0 unspecified atom stereocenters. The van der Waals surface area contributed by atoms with Crippen LogP contribution >= 0.6 is 0 Å². The van der Waals surface area contributed by atoms with E-state index in [1.54, 1.807) is 29.0 Å². The highest BCUT2D eigenvalue weighted by atomic mass is 16.2. The van der Waals surface area contributed by atoms with Crippen molar-refractivity contribution in [1.82, 2.24) is 24.7 Å². The fourth-order valence-electron chi connectivity index (χ4n) is 3.86. The van der Waals surface area contributed by atoms with Crippen LogP contribution in [0.25, 0.3) is 5.52 Å². The molecule has 0 spiro atoms. The number of nitrogens with one attached hydrogen (secondary N) is 1. The fraction of sp³-hybridized carbons (Fsp3) is 0.182. The molecule has 4 aromatic rings. The molecule has 1 atom stereocenters. The van der Waals surface area contributed by atoms with Crippen molar-refractivity contribution in [3.05, 3.63) is 84.4 Å². The number of benzene rings is 1. The van der Waals surface area contributed by atoms with E-state index in [2.05, 4.69) is 20.6 Å². The van der Waals surface area contributed by atoms with Crippen LogP contribution in [0.1, 0.15) is 34.9 Å². The Morgan fingerprint density at radius 2 is 1.93 bits per heavy atom. The smallest absolute Gasteiger partial charge is 0.255 e. The molecule has 4 heterocycles. The van der Waals surface area contributed by atoms with Gasteiger partial charge in [-0.25, -0.2) is 4.52 Å². The molecule has 1 aliphatic rings. The molecule has 0 aliphatic carbocycles. The van der Waals surface area contributed by atoms with Crippen molar-refractivity contribution in [1.29, 1.82) is 0 Å². The monoisotopic (exact) mass is 384 g/mol. The van der Waals surface area contributed by atoms with Gasteiger partial charge in [0.25, 0.3) is 5.91 Å². The van der Waals surface area contributed by atoms with E-state index in [1.165, 1.54) is 0 Å². The van der Waals surface area contributed by atoms with Crippen LogP contribution in [0.2, 0.25) is 0 Å². The van der Waals surface area contributed by atoms with Gasteiger partial charge in [-0.3, -0.25) is 9.78 Å². The second-order valence-corrected chi connectivity index (χ2v) is 7.11. The zero-order valence-electron chi connectivity index (χ0n) is 15.8. The Labute approximate surface area is 168 Å². The number of rotatable bonds is 4. The first kappa shape index (κ1) is 17.4. The summed E-state index contributed by atoms with van der Waals surface area (Å²) in [7, 11) is 0. The zero-order chi connectivity index (χ0) is 19.6. The number of para-hydroxylation sites is 1. The Morgan fingerprint density at radius 3 is 2.76 bits per heavy atom. The predicted octanol–water partition coefficient (Wildman–Crippen LogP) is 3.85.